The second-order valence-corrected chi connectivity index (χ2v) is 2.07. The molecule has 3 N–H and O–H groups in total. The molecule has 0 radical (unpaired) electrons. The van der Waals surface area contributed by atoms with Crippen LogP contribution in [-0.2, 0) is 0 Å². The van der Waals surface area contributed by atoms with Crippen LogP contribution >= 0.6 is 0 Å². The lowest BCUT2D eigenvalue weighted by Crippen LogP contribution is -2.24. The molecule has 0 aromatic rings. The maximum Gasteiger partial charge on any atom is 0.0888 e. The Hall–Kier alpha value is -1.17. The lowest BCUT2D eigenvalue weighted by atomic mass is 10.0. The van der Waals surface area contributed by atoms with Gasteiger partial charge in [-0.15, -0.1) is 0 Å². The minimum Gasteiger partial charge on any atom is -0.400 e. The third kappa shape index (κ3) is 1.14. The van der Waals surface area contributed by atoms with Gasteiger partial charge in [-0.3, -0.25) is 0 Å². The monoisotopic (exact) mass is 123 g/mol. The molecule has 0 saturated heterocycles. The summed E-state index contributed by atoms with van der Waals surface area (Å²) in [4.78, 5) is 0. The van der Waals surface area contributed by atoms with Crippen LogP contribution in [0, 0.1) is 17.2 Å². The van der Waals surface area contributed by atoms with Crippen LogP contribution in [0.4, 0.5) is 0 Å². The maximum atomic E-state index is 8.46. The molecule has 48 valence electrons. The molecule has 3 heteroatoms. The van der Waals surface area contributed by atoms with Gasteiger partial charge in [0.1, 0.15) is 0 Å². The summed E-state index contributed by atoms with van der Waals surface area (Å²) in [6, 6.07) is 2.12. The van der Waals surface area contributed by atoms with Gasteiger partial charge < -0.3 is 11.1 Å². The van der Waals surface area contributed by atoms with Gasteiger partial charge >= 0.3 is 0 Å². The molecule has 1 aliphatic heterocycles. The van der Waals surface area contributed by atoms with E-state index in [4.69, 9.17) is 11.0 Å². The van der Waals surface area contributed by atoms with E-state index in [0.717, 1.165) is 13.0 Å². The average Bonchev–Trinajstić information content (AvgIpc) is 1.89. The van der Waals surface area contributed by atoms with Gasteiger partial charge in [0.2, 0.25) is 0 Å². The van der Waals surface area contributed by atoms with Gasteiger partial charge in [-0.1, -0.05) is 0 Å². The molecule has 0 saturated carbocycles. The zero-order chi connectivity index (χ0) is 6.69. The van der Waals surface area contributed by atoms with Crippen LogP contribution in [-0.4, -0.2) is 6.54 Å². The Morgan fingerprint density at radius 1 is 1.89 bits per heavy atom. The highest BCUT2D eigenvalue weighted by Gasteiger charge is 2.12. The second kappa shape index (κ2) is 2.40. The molecule has 1 rings (SSSR count). The van der Waals surface area contributed by atoms with Crippen molar-refractivity contribution in [3.63, 3.8) is 0 Å². The van der Waals surface area contributed by atoms with Crippen LogP contribution in [0.5, 0.6) is 0 Å². The van der Waals surface area contributed by atoms with E-state index in [2.05, 4.69) is 11.4 Å². The zero-order valence-corrected chi connectivity index (χ0v) is 5.09. The van der Waals surface area contributed by atoms with Crippen molar-refractivity contribution in [3.05, 3.63) is 11.9 Å². The number of rotatable bonds is 0. The first-order valence-corrected chi connectivity index (χ1v) is 2.93. The van der Waals surface area contributed by atoms with Crippen molar-refractivity contribution in [2.24, 2.45) is 11.7 Å². The number of hydrogen-bond donors (Lipinski definition) is 2. The Morgan fingerprint density at radius 3 is 3.11 bits per heavy atom. The van der Waals surface area contributed by atoms with Crippen molar-refractivity contribution in [2.75, 3.05) is 6.54 Å². The first-order chi connectivity index (χ1) is 4.34. The highest BCUT2D eigenvalue weighted by atomic mass is 14.9. The Bertz CT molecular complexity index is 166. The molecule has 0 spiro atoms. The highest BCUT2D eigenvalue weighted by Crippen LogP contribution is 2.10. The lowest BCUT2D eigenvalue weighted by molar-refractivity contribution is 0.604. The predicted octanol–water partition coefficient (Wildman–Crippen LogP) is -0.0804. The minimum atomic E-state index is -0.0637. The normalized spacial score (nSPS) is 25.7. The summed E-state index contributed by atoms with van der Waals surface area (Å²) >= 11 is 0. The minimum absolute atomic E-state index is 0.0637. The van der Waals surface area contributed by atoms with Crippen molar-refractivity contribution in [3.8, 4) is 6.07 Å². The molecule has 0 aliphatic carbocycles. The van der Waals surface area contributed by atoms with Crippen LogP contribution in [0.3, 0.4) is 0 Å². The van der Waals surface area contributed by atoms with Crippen molar-refractivity contribution >= 4 is 0 Å². The van der Waals surface area contributed by atoms with Crippen molar-refractivity contribution in [1.29, 1.82) is 5.26 Å². The lowest BCUT2D eigenvalue weighted by Gasteiger charge is -2.14. The molecule has 0 amide bonds. The van der Waals surface area contributed by atoms with Gasteiger partial charge in [-0.2, -0.15) is 5.26 Å². The fourth-order valence-corrected chi connectivity index (χ4v) is 0.824. The van der Waals surface area contributed by atoms with Gasteiger partial charge in [0.05, 0.1) is 12.0 Å². The molecule has 0 aromatic heterocycles. The number of hydrogen-bond acceptors (Lipinski definition) is 3. The fraction of sp³-hybridized carbons (Fsp3) is 0.500. The third-order valence-electron chi connectivity index (χ3n) is 1.40. The van der Waals surface area contributed by atoms with Crippen LogP contribution in [0.1, 0.15) is 6.42 Å². The van der Waals surface area contributed by atoms with Gasteiger partial charge in [0.25, 0.3) is 0 Å². The number of nitriles is 1. The quantitative estimate of drug-likeness (QED) is 0.473. The van der Waals surface area contributed by atoms with Crippen LogP contribution < -0.4 is 11.1 Å². The Morgan fingerprint density at radius 2 is 2.67 bits per heavy atom. The molecule has 0 aromatic carbocycles. The van der Waals surface area contributed by atoms with E-state index in [1.807, 2.05) is 0 Å². The van der Waals surface area contributed by atoms with E-state index in [-0.39, 0.29) is 5.92 Å². The molecule has 0 fully saturated rings. The maximum absolute atomic E-state index is 8.46. The van der Waals surface area contributed by atoms with Crippen LogP contribution in [0.25, 0.3) is 0 Å². The molecule has 1 unspecified atom stereocenters. The fourth-order valence-electron chi connectivity index (χ4n) is 0.824. The zero-order valence-electron chi connectivity index (χ0n) is 5.09. The first-order valence-electron chi connectivity index (χ1n) is 2.93. The second-order valence-electron chi connectivity index (χ2n) is 2.07. The van der Waals surface area contributed by atoms with Crippen molar-refractivity contribution < 1.29 is 0 Å². The molecule has 0 bridgehead atoms. The van der Waals surface area contributed by atoms with E-state index in [9.17, 15) is 0 Å². The summed E-state index contributed by atoms with van der Waals surface area (Å²) in [5.74, 6) is -0.0637. The largest absolute Gasteiger partial charge is 0.400 e. The molecular formula is C6H9N3. The molecule has 3 nitrogen and oxygen atoms in total. The van der Waals surface area contributed by atoms with Gasteiger partial charge in [0, 0.05) is 18.4 Å². The standard InChI is InChI=1S/C6H9N3/c7-3-5-1-2-9-4-6(5)8/h4-5,9H,1-2,8H2. The van der Waals surface area contributed by atoms with Gasteiger partial charge in [-0.05, 0) is 6.42 Å². The van der Waals surface area contributed by atoms with Crippen molar-refractivity contribution in [1.82, 2.24) is 5.32 Å². The molecular weight excluding hydrogens is 114 g/mol. The highest BCUT2D eigenvalue weighted by molar-refractivity contribution is 5.12. The predicted molar refractivity (Wildman–Crippen MR) is 34.0 cm³/mol. The van der Waals surface area contributed by atoms with Crippen LogP contribution in [0.2, 0.25) is 0 Å². The molecule has 1 heterocycles. The van der Waals surface area contributed by atoms with E-state index in [0.29, 0.717) is 5.70 Å². The number of nitrogens with one attached hydrogen (secondary N) is 1. The molecule has 1 atom stereocenters. The van der Waals surface area contributed by atoms with Gasteiger partial charge in [-0.25, -0.2) is 0 Å². The summed E-state index contributed by atoms with van der Waals surface area (Å²) in [5, 5.41) is 11.4. The summed E-state index contributed by atoms with van der Waals surface area (Å²) in [5.41, 5.74) is 6.12. The number of allylic oxidation sites excluding steroid dienone is 1. The van der Waals surface area contributed by atoms with Gasteiger partial charge in [0.15, 0.2) is 0 Å². The summed E-state index contributed by atoms with van der Waals surface area (Å²) < 4.78 is 0. The topological polar surface area (TPSA) is 61.8 Å². The van der Waals surface area contributed by atoms with Crippen molar-refractivity contribution in [2.45, 2.75) is 6.42 Å². The van der Waals surface area contributed by atoms with E-state index >= 15 is 0 Å². The van der Waals surface area contributed by atoms with E-state index in [1.165, 1.54) is 0 Å². The average molecular weight is 123 g/mol. The Balaban J connectivity index is 2.64. The summed E-state index contributed by atoms with van der Waals surface area (Å²) in [6.45, 7) is 0.860. The Kier molecular flexibility index (Phi) is 1.59. The van der Waals surface area contributed by atoms with E-state index < -0.39 is 0 Å². The third-order valence-corrected chi connectivity index (χ3v) is 1.40. The summed E-state index contributed by atoms with van der Waals surface area (Å²) in [7, 11) is 0. The smallest absolute Gasteiger partial charge is 0.0888 e. The number of nitrogens with two attached hydrogens (primary N) is 1. The molecule has 9 heavy (non-hydrogen) atoms. The summed E-state index contributed by atoms with van der Waals surface area (Å²) in [6.07, 6.45) is 2.54. The van der Waals surface area contributed by atoms with Crippen LogP contribution in [0.15, 0.2) is 11.9 Å². The molecule has 1 aliphatic rings. The number of nitrogens with zero attached hydrogens (tertiary/aromatic N) is 1. The Labute approximate surface area is 54.2 Å². The SMILES string of the molecule is N#CC1CCNC=C1N. The first kappa shape index (κ1) is 5.96. The van der Waals surface area contributed by atoms with E-state index in [1.54, 1.807) is 6.20 Å².